The first kappa shape index (κ1) is 17.5. The van der Waals surface area contributed by atoms with Crippen molar-refractivity contribution in [2.45, 2.75) is 51.7 Å². The third-order valence-electron chi connectivity index (χ3n) is 4.42. The third-order valence-corrected chi connectivity index (χ3v) is 4.42. The molecular weight excluding hydrogens is 294 g/mol. The number of amides is 2. The maximum atomic E-state index is 12.3. The fourth-order valence-corrected chi connectivity index (χ4v) is 3.26. The van der Waals surface area contributed by atoms with Gasteiger partial charge in [0, 0.05) is 0 Å². The molecule has 126 valence electrons. The van der Waals surface area contributed by atoms with Crippen LogP contribution in [0.5, 0.6) is 0 Å². The first-order valence-corrected chi connectivity index (χ1v) is 8.27. The summed E-state index contributed by atoms with van der Waals surface area (Å²) in [5.74, 6) is -0.866. The first-order valence-electron chi connectivity index (χ1n) is 8.27. The summed E-state index contributed by atoms with van der Waals surface area (Å²) in [6.07, 6.45) is 3.60. The van der Waals surface area contributed by atoms with Crippen LogP contribution in [0, 0.1) is 11.8 Å². The number of carbonyl (C=O) groups is 2. The van der Waals surface area contributed by atoms with Gasteiger partial charge in [0.25, 0.3) is 0 Å². The Morgan fingerprint density at radius 3 is 2.48 bits per heavy atom. The molecule has 2 atom stereocenters. The van der Waals surface area contributed by atoms with Gasteiger partial charge in [0.1, 0.15) is 6.61 Å². The highest BCUT2D eigenvalue weighted by atomic mass is 16.5. The van der Waals surface area contributed by atoms with Crippen LogP contribution in [0.2, 0.25) is 0 Å². The van der Waals surface area contributed by atoms with Crippen LogP contribution in [0.15, 0.2) is 30.3 Å². The minimum absolute atomic E-state index is 0.114. The zero-order valence-corrected chi connectivity index (χ0v) is 13.5. The molecule has 1 aliphatic rings. The Morgan fingerprint density at radius 2 is 1.87 bits per heavy atom. The van der Waals surface area contributed by atoms with Crippen LogP contribution >= 0.6 is 0 Å². The van der Waals surface area contributed by atoms with Gasteiger partial charge < -0.3 is 9.84 Å². The summed E-state index contributed by atoms with van der Waals surface area (Å²) in [6, 6.07) is 9.28. The van der Waals surface area contributed by atoms with E-state index in [1.165, 1.54) is 6.42 Å². The van der Waals surface area contributed by atoms with E-state index in [1.807, 2.05) is 30.3 Å². The van der Waals surface area contributed by atoms with Crippen molar-refractivity contribution in [3.05, 3.63) is 35.9 Å². The topological polar surface area (TPSA) is 75.6 Å². The third kappa shape index (κ3) is 5.36. The maximum Gasteiger partial charge on any atom is 0.414 e. The molecule has 1 saturated carbocycles. The van der Waals surface area contributed by atoms with Crippen LogP contribution in [0.1, 0.15) is 44.6 Å². The highest BCUT2D eigenvalue weighted by Gasteiger charge is 2.34. The van der Waals surface area contributed by atoms with Crippen LogP contribution < -0.4 is 5.32 Å². The van der Waals surface area contributed by atoms with Crippen LogP contribution in [-0.4, -0.2) is 23.2 Å². The highest BCUT2D eigenvalue weighted by Crippen LogP contribution is 2.32. The van der Waals surface area contributed by atoms with Crippen molar-refractivity contribution in [1.29, 1.82) is 0 Å². The van der Waals surface area contributed by atoms with Gasteiger partial charge in [0.2, 0.25) is 5.91 Å². The smallest absolute Gasteiger partial charge is 0.414 e. The molecule has 1 aromatic rings. The van der Waals surface area contributed by atoms with E-state index < -0.39 is 24.0 Å². The van der Waals surface area contributed by atoms with Crippen molar-refractivity contribution in [3.8, 4) is 0 Å². The van der Waals surface area contributed by atoms with Crippen molar-refractivity contribution in [3.63, 3.8) is 0 Å². The second-order valence-electron chi connectivity index (χ2n) is 6.22. The van der Waals surface area contributed by atoms with Crippen molar-refractivity contribution < 1.29 is 19.4 Å². The number of alkyl carbamates (subject to hydrolysis) is 1. The molecule has 0 radical (unpaired) electrons. The minimum atomic E-state index is -0.778. The van der Waals surface area contributed by atoms with Crippen molar-refractivity contribution in [1.82, 2.24) is 5.32 Å². The van der Waals surface area contributed by atoms with Gasteiger partial charge >= 0.3 is 6.09 Å². The van der Waals surface area contributed by atoms with Crippen molar-refractivity contribution >= 4 is 12.0 Å². The van der Waals surface area contributed by atoms with Crippen molar-refractivity contribution in [2.75, 3.05) is 0 Å². The molecule has 1 fully saturated rings. The van der Waals surface area contributed by atoms with E-state index >= 15 is 0 Å². The lowest BCUT2D eigenvalue weighted by Gasteiger charge is -2.30. The molecule has 1 aliphatic carbocycles. The monoisotopic (exact) mass is 319 g/mol. The molecule has 2 rings (SSSR count). The molecule has 23 heavy (non-hydrogen) atoms. The summed E-state index contributed by atoms with van der Waals surface area (Å²) >= 11 is 0. The summed E-state index contributed by atoms with van der Waals surface area (Å²) < 4.78 is 5.06. The fourth-order valence-electron chi connectivity index (χ4n) is 3.26. The van der Waals surface area contributed by atoms with Gasteiger partial charge in [-0.25, -0.2) is 4.79 Å². The lowest BCUT2D eigenvalue weighted by atomic mass is 9.77. The molecular formula is C18H25NO4. The number of nitrogens with one attached hydrogen (secondary N) is 1. The number of aliphatic hydroxyl groups excluding tert-OH is 1. The standard InChI is InChI=1S/C18H25NO4/c1-13(20)16(15-10-6-3-7-11-15)17(21)19-18(22)23-12-14-8-4-2-5-9-14/h2,4-5,8-9,13,15-16,20H,3,6-7,10-12H2,1H3,(H,19,21,22). The van der Waals surface area contributed by atoms with Gasteiger partial charge in [-0.05, 0) is 31.2 Å². The average Bonchev–Trinajstić information content (AvgIpc) is 2.54. The summed E-state index contributed by atoms with van der Waals surface area (Å²) in [7, 11) is 0. The number of benzene rings is 1. The Balaban J connectivity index is 1.86. The Hall–Kier alpha value is -1.88. The van der Waals surface area contributed by atoms with E-state index in [0.717, 1.165) is 31.2 Å². The summed E-state index contributed by atoms with van der Waals surface area (Å²) in [6.45, 7) is 1.72. The van der Waals surface area contributed by atoms with E-state index in [0.29, 0.717) is 0 Å². The average molecular weight is 319 g/mol. The first-order chi connectivity index (χ1) is 11.1. The van der Waals surface area contributed by atoms with Crippen LogP contribution in [0.3, 0.4) is 0 Å². The molecule has 1 aromatic carbocycles. The molecule has 5 heteroatoms. The van der Waals surface area contributed by atoms with Gasteiger partial charge in [-0.2, -0.15) is 0 Å². The molecule has 5 nitrogen and oxygen atoms in total. The normalized spacial score (nSPS) is 18.0. The van der Waals surface area contributed by atoms with Crippen molar-refractivity contribution in [2.24, 2.45) is 11.8 Å². The number of ether oxygens (including phenoxy) is 1. The van der Waals surface area contributed by atoms with Gasteiger partial charge in [0.15, 0.2) is 0 Å². The Kier molecular flexibility index (Phi) is 6.59. The number of hydrogen-bond acceptors (Lipinski definition) is 4. The van der Waals surface area contributed by atoms with E-state index in [-0.39, 0.29) is 12.5 Å². The SMILES string of the molecule is CC(O)C(C(=O)NC(=O)OCc1ccccc1)C1CCCCC1. The number of imide groups is 1. The number of rotatable bonds is 5. The molecule has 0 heterocycles. The zero-order chi connectivity index (χ0) is 16.7. The minimum Gasteiger partial charge on any atom is -0.444 e. The van der Waals surface area contributed by atoms with Crippen LogP contribution in [0.25, 0.3) is 0 Å². The molecule has 0 bridgehead atoms. The predicted molar refractivity (Wildman–Crippen MR) is 86.5 cm³/mol. The molecule has 0 spiro atoms. The van der Waals surface area contributed by atoms with E-state index in [2.05, 4.69) is 5.32 Å². The summed E-state index contributed by atoms with van der Waals surface area (Å²) in [4.78, 5) is 24.1. The number of aliphatic hydroxyl groups is 1. The molecule has 2 amide bonds. The van der Waals surface area contributed by atoms with Gasteiger partial charge in [-0.15, -0.1) is 0 Å². The van der Waals surface area contributed by atoms with E-state index in [1.54, 1.807) is 6.92 Å². The molecule has 0 aromatic heterocycles. The Labute approximate surface area is 137 Å². The lowest BCUT2D eigenvalue weighted by molar-refractivity contribution is -0.130. The zero-order valence-electron chi connectivity index (χ0n) is 13.5. The lowest BCUT2D eigenvalue weighted by Crippen LogP contribution is -2.44. The van der Waals surface area contributed by atoms with Crippen LogP contribution in [-0.2, 0) is 16.1 Å². The number of carbonyl (C=O) groups excluding carboxylic acids is 2. The van der Waals surface area contributed by atoms with Crippen LogP contribution in [0.4, 0.5) is 4.79 Å². The van der Waals surface area contributed by atoms with Gasteiger partial charge in [-0.3, -0.25) is 10.1 Å². The van der Waals surface area contributed by atoms with Gasteiger partial charge in [-0.1, -0.05) is 49.6 Å². The second-order valence-corrected chi connectivity index (χ2v) is 6.22. The van der Waals surface area contributed by atoms with E-state index in [4.69, 9.17) is 4.74 Å². The molecule has 2 N–H and O–H groups in total. The quantitative estimate of drug-likeness (QED) is 0.875. The fraction of sp³-hybridized carbons (Fsp3) is 0.556. The Bertz CT molecular complexity index is 509. The summed E-state index contributed by atoms with van der Waals surface area (Å²) in [5, 5.41) is 12.2. The predicted octanol–water partition coefficient (Wildman–Crippen LogP) is 3.02. The maximum absolute atomic E-state index is 12.3. The van der Waals surface area contributed by atoms with E-state index in [9.17, 15) is 14.7 Å². The Morgan fingerprint density at radius 1 is 1.22 bits per heavy atom. The summed E-state index contributed by atoms with van der Waals surface area (Å²) in [5.41, 5.74) is 0.856. The van der Waals surface area contributed by atoms with Gasteiger partial charge in [0.05, 0.1) is 12.0 Å². The second kappa shape index (κ2) is 8.67. The molecule has 0 saturated heterocycles. The number of hydrogen-bond donors (Lipinski definition) is 2. The molecule has 2 unspecified atom stereocenters. The highest BCUT2D eigenvalue weighted by molar-refractivity contribution is 5.93. The molecule has 0 aliphatic heterocycles. The largest absolute Gasteiger partial charge is 0.444 e.